The first-order valence-corrected chi connectivity index (χ1v) is 7.21. The molecule has 1 aromatic heterocycles. The van der Waals surface area contributed by atoms with Crippen molar-refractivity contribution < 1.29 is 9.59 Å². The van der Waals surface area contributed by atoms with E-state index in [4.69, 9.17) is 0 Å². The van der Waals surface area contributed by atoms with E-state index >= 15 is 0 Å². The summed E-state index contributed by atoms with van der Waals surface area (Å²) in [5.41, 5.74) is 1.35. The summed E-state index contributed by atoms with van der Waals surface area (Å²) in [5, 5.41) is 4.23. The number of hydrogen-bond acceptors (Lipinski definition) is 3. The fourth-order valence-corrected chi connectivity index (χ4v) is 2.86. The van der Waals surface area contributed by atoms with Gasteiger partial charge in [0.2, 0.25) is 11.8 Å². The zero-order chi connectivity index (χ0) is 13.8. The summed E-state index contributed by atoms with van der Waals surface area (Å²) in [7, 11) is 1.62. The normalized spacial score (nSPS) is 14.9. The topological polar surface area (TPSA) is 40.6 Å². The van der Waals surface area contributed by atoms with Crippen LogP contribution in [-0.2, 0) is 16.0 Å². The average Bonchev–Trinajstić information content (AvgIpc) is 2.84. The predicted octanol–water partition coefficient (Wildman–Crippen LogP) is 1.39. The van der Waals surface area contributed by atoms with Crippen molar-refractivity contribution in [2.24, 2.45) is 5.92 Å². The highest BCUT2D eigenvalue weighted by atomic mass is 32.1. The fraction of sp³-hybridized carbons (Fsp3) is 0.429. The maximum Gasteiger partial charge on any atom is 0.246 e. The highest BCUT2D eigenvalue weighted by molar-refractivity contribution is 7.07. The molecule has 0 spiro atoms. The van der Waals surface area contributed by atoms with E-state index in [1.807, 2.05) is 4.90 Å². The van der Waals surface area contributed by atoms with Gasteiger partial charge in [-0.3, -0.25) is 9.59 Å². The van der Waals surface area contributed by atoms with Crippen molar-refractivity contribution in [1.82, 2.24) is 9.80 Å². The summed E-state index contributed by atoms with van der Waals surface area (Å²) >= 11 is 1.70. The lowest BCUT2D eigenvalue weighted by atomic mass is 9.93. The molecule has 2 amide bonds. The molecule has 1 saturated heterocycles. The van der Waals surface area contributed by atoms with E-state index in [1.54, 1.807) is 18.4 Å². The second-order valence-electron chi connectivity index (χ2n) is 4.90. The van der Waals surface area contributed by atoms with E-state index in [9.17, 15) is 9.59 Å². The zero-order valence-corrected chi connectivity index (χ0v) is 11.9. The van der Waals surface area contributed by atoms with Crippen molar-refractivity contribution in [3.8, 4) is 0 Å². The van der Waals surface area contributed by atoms with E-state index in [-0.39, 0.29) is 18.4 Å². The fourth-order valence-electron chi connectivity index (χ4n) is 2.18. The molecule has 19 heavy (non-hydrogen) atoms. The standard InChI is InChI=1S/C14H18N2O2S/c1-3-13(17)15(2)9-14(18)16-7-12(8-16)6-11-4-5-19-10-11/h3-5,10,12H,1,6-9H2,2H3. The molecule has 1 aromatic rings. The maximum atomic E-state index is 11.9. The number of carbonyl (C=O) groups excluding carboxylic acids is 2. The van der Waals surface area contributed by atoms with Crippen LogP contribution in [0.4, 0.5) is 0 Å². The van der Waals surface area contributed by atoms with Crippen LogP contribution in [0, 0.1) is 5.92 Å². The summed E-state index contributed by atoms with van der Waals surface area (Å²) in [6.45, 7) is 5.13. The van der Waals surface area contributed by atoms with Gasteiger partial charge < -0.3 is 9.80 Å². The van der Waals surface area contributed by atoms with Gasteiger partial charge in [0.1, 0.15) is 0 Å². The molecule has 0 atom stereocenters. The van der Waals surface area contributed by atoms with Gasteiger partial charge in [-0.2, -0.15) is 11.3 Å². The summed E-state index contributed by atoms with van der Waals surface area (Å²) in [6.07, 6.45) is 2.26. The minimum absolute atomic E-state index is 0.0132. The number of likely N-dealkylation sites (tertiary alicyclic amines) is 1. The second-order valence-corrected chi connectivity index (χ2v) is 5.68. The molecule has 4 nitrogen and oxygen atoms in total. The van der Waals surface area contributed by atoms with E-state index < -0.39 is 0 Å². The molecule has 2 rings (SSSR count). The molecular formula is C14H18N2O2S. The first-order valence-electron chi connectivity index (χ1n) is 6.26. The number of hydrogen-bond donors (Lipinski definition) is 0. The molecule has 2 heterocycles. The Morgan fingerprint density at radius 3 is 2.89 bits per heavy atom. The van der Waals surface area contributed by atoms with Crippen molar-refractivity contribution in [3.05, 3.63) is 35.0 Å². The monoisotopic (exact) mass is 278 g/mol. The lowest BCUT2D eigenvalue weighted by Crippen LogP contribution is -2.53. The van der Waals surface area contributed by atoms with E-state index in [1.165, 1.54) is 16.5 Å². The van der Waals surface area contributed by atoms with Gasteiger partial charge in [-0.1, -0.05) is 6.58 Å². The smallest absolute Gasteiger partial charge is 0.246 e. The van der Waals surface area contributed by atoms with Gasteiger partial charge in [-0.25, -0.2) is 0 Å². The van der Waals surface area contributed by atoms with Gasteiger partial charge in [-0.05, 0) is 40.8 Å². The molecular weight excluding hydrogens is 260 g/mol. The highest BCUT2D eigenvalue weighted by Gasteiger charge is 2.31. The lowest BCUT2D eigenvalue weighted by molar-refractivity contribution is -0.142. The molecule has 0 saturated carbocycles. The van der Waals surface area contributed by atoms with Crippen molar-refractivity contribution in [2.75, 3.05) is 26.7 Å². The summed E-state index contributed by atoms with van der Waals surface area (Å²) in [5.74, 6) is 0.349. The molecule has 0 aromatic carbocycles. The molecule has 0 N–H and O–H groups in total. The summed E-state index contributed by atoms with van der Waals surface area (Å²) in [6, 6.07) is 2.13. The minimum atomic E-state index is -0.219. The molecule has 0 bridgehead atoms. The Morgan fingerprint density at radius 1 is 1.58 bits per heavy atom. The van der Waals surface area contributed by atoms with Crippen molar-refractivity contribution in [3.63, 3.8) is 0 Å². The Hall–Kier alpha value is -1.62. The van der Waals surface area contributed by atoms with Gasteiger partial charge in [0.15, 0.2) is 0 Å². The number of rotatable bonds is 5. The largest absolute Gasteiger partial charge is 0.340 e. The van der Waals surface area contributed by atoms with Crippen LogP contribution in [0.5, 0.6) is 0 Å². The Labute approximate surface area is 117 Å². The Balaban J connectivity index is 1.72. The van der Waals surface area contributed by atoms with E-state index in [0.29, 0.717) is 5.92 Å². The lowest BCUT2D eigenvalue weighted by Gasteiger charge is -2.40. The first-order chi connectivity index (χ1) is 9.10. The van der Waals surface area contributed by atoms with Gasteiger partial charge in [0.05, 0.1) is 6.54 Å². The van der Waals surface area contributed by atoms with Crippen LogP contribution in [-0.4, -0.2) is 48.3 Å². The molecule has 0 aliphatic carbocycles. The van der Waals surface area contributed by atoms with Crippen LogP contribution in [0.1, 0.15) is 5.56 Å². The maximum absolute atomic E-state index is 11.9. The third-order valence-corrected chi connectivity index (χ3v) is 4.07. The number of nitrogens with zero attached hydrogens (tertiary/aromatic N) is 2. The Kier molecular flexibility index (Phi) is 4.37. The minimum Gasteiger partial charge on any atom is -0.340 e. The van der Waals surface area contributed by atoms with Crippen LogP contribution in [0.3, 0.4) is 0 Å². The van der Waals surface area contributed by atoms with Crippen molar-refractivity contribution in [2.45, 2.75) is 6.42 Å². The molecule has 1 fully saturated rings. The quantitative estimate of drug-likeness (QED) is 0.764. The molecule has 1 aliphatic heterocycles. The van der Waals surface area contributed by atoms with Gasteiger partial charge >= 0.3 is 0 Å². The van der Waals surface area contributed by atoms with Crippen LogP contribution in [0.25, 0.3) is 0 Å². The van der Waals surface area contributed by atoms with Crippen molar-refractivity contribution in [1.29, 1.82) is 0 Å². The summed E-state index contributed by atoms with van der Waals surface area (Å²) < 4.78 is 0. The SMILES string of the molecule is C=CC(=O)N(C)CC(=O)N1CC(Cc2ccsc2)C1. The van der Waals surface area contributed by atoms with Crippen LogP contribution in [0.2, 0.25) is 0 Å². The van der Waals surface area contributed by atoms with Crippen LogP contribution in [0.15, 0.2) is 29.5 Å². The highest BCUT2D eigenvalue weighted by Crippen LogP contribution is 2.21. The van der Waals surface area contributed by atoms with E-state index in [2.05, 4.69) is 23.4 Å². The molecule has 0 radical (unpaired) electrons. The van der Waals surface area contributed by atoms with Gasteiger partial charge in [0, 0.05) is 20.1 Å². The van der Waals surface area contributed by atoms with Crippen LogP contribution >= 0.6 is 11.3 Å². The predicted molar refractivity (Wildman–Crippen MR) is 75.9 cm³/mol. The number of amides is 2. The third kappa shape index (κ3) is 3.44. The average molecular weight is 278 g/mol. The Bertz CT molecular complexity index is 464. The van der Waals surface area contributed by atoms with Gasteiger partial charge in [0.25, 0.3) is 0 Å². The molecule has 1 aliphatic rings. The first kappa shape index (κ1) is 13.8. The Morgan fingerprint density at radius 2 is 2.32 bits per heavy atom. The van der Waals surface area contributed by atoms with Crippen molar-refractivity contribution >= 4 is 23.2 Å². The third-order valence-electron chi connectivity index (χ3n) is 3.34. The number of likely N-dealkylation sites (N-methyl/N-ethyl adjacent to an activating group) is 1. The second kappa shape index (κ2) is 6.02. The van der Waals surface area contributed by atoms with E-state index in [0.717, 1.165) is 19.5 Å². The molecule has 0 unspecified atom stereocenters. The van der Waals surface area contributed by atoms with Gasteiger partial charge in [-0.15, -0.1) is 0 Å². The zero-order valence-electron chi connectivity index (χ0n) is 11.0. The van der Waals surface area contributed by atoms with Crippen LogP contribution < -0.4 is 0 Å². The number of carbonyl (C=O) groups is 2. The molecule has 102 valence electrons. The number of thiophene rings is 1. The molecule has 5 heteroatoms. The summed E-state index contributed by atoms with van der Waals surface area (Å²) in [4.78, 5) is 26.4.